The number of unbranched alkanes of at least 4 members (excludes halogenated alkanes) is 1. The second-order valence-corrected chi connectivity index (χ2v) is 6.66. The zero-order valence-corrected chi connectivity index (χ0v) is 12.4. The SMILES string of the molecule is CCCCN(C1CC1)C(CN)C1CCCC(C)C1. The van der Waals surface area contributed by atoms with Gasteiger partial charge in [-0.05, 0) is 50.5 Å². The van der Waals surface area contributed by atoms with Gasteiger partial charge in [-0.2, -0.15) is 0 Å². The topological polar surface area (TPSA) is 29.3 Å². The third kappa shape index (κ3) is 3.71. The summed E-state index contributed by atoms with van der Waals surface area (Å²) in [4.78, 5) is 2.78. The fourth-order valence-corrected chi connectivity index (χ4v) is 3.80. The summed E-state index contributed by atoms with van der Waals surface area (Å²) in [5, 5.41) is 0. The Labute approximate surface area is 113 Å². The van der Waals surface area contributed by atoms with Crippen LogP contribution in [0, 0.1) is 11.8 Å². The third-order valence-corrected chi connectivity index (χ3v) is 4.97. The van der Waals surface area contributed by atoms with Crippen LogP contribution in [-0.2, 0) is 0 Å². The molecule has 2 saturated carbocycles. The summed E-state index contributed by atoms with van der Waals surface area (Å²) in [5.41, 5.74) is 6.15. The van der Waals surface area contributed by atoms with E-state index in [4.69, 9.17) is 5.73 Å². The van der Waals surface area contributed by atoms with E-state index in [0.717, 1.165) is 24.4 Å². The molecule has 2 aliphatic carbocycles. The molecule has 2 N–H and O–H groups in total. The lowest BCUT2D eigenvalue weighted by molar-refractivity contribution is 0.0991. The van der Waals surface area contributed by atoms with Gasteiger partial charge < -0.3 is 5.73 Å². The smallest absolute Gasteiger partial charge is 0.0249 e. The zero-order valence-electron chi connectivity index (χ0n) is 12.4. The average molecular weight is 252 g/mol. The molecular formula is C16H32N2. The lowest BCUT2D eigenvalue weighted by atomic mass is 9.78. The monoisotopic (exact) mass is 252 g/mol. The van der Waals surface area contributed by atoms with Gasteiger partial charge in [-0.15, -0.1) is 0 Å². The molecule has 0 heterocycles. The van der Waals surface area contributed by atoms with Gasteiger partial charge >= 0.3 is 0 Å². The lowest BCUT2D eigenvalue weighted by Gasteiger charge is -2.40. The van der Waals surface area contributed by atoms with E-state index >= 15 is 0 Å². The van der Waals surface area contributed by atoms with Crippen molar-refractivity contribution < 1.29 is 0 Å². The number of nitrogens with zero attached hydrogens (tertiary/aromatic N) is 1. The van der Waals surface area contributed by atoms with Gasteiger partial charge in [-0.1, -0.05) is 33.1 Å². The summed E-state index contributed by atoms with van der Waals surface area (Å²) in [6, 6.07) is 1.55. The van der Waals surface area contributed by atoms with Gasteiger partial charge in [0.15, 0.2) is 0 Å². The normalized spacial score (nSPS) is 30.7. The molecule has 3 atom stereocenters. The molecule has 2 fully saturated rings. The van der Waals surface area contributed by atoms with E-state index in [1.807, 2.05) is 0 Å². The minimum atomic E-state index is 0.673. The van der Waals surface area contributed by atoms with E-state index in [1.165, 1.54) is 57.9 Å². The van der Waals surface area contributed by atoms with Crippen LogP contribution in [0.2, 0.25) is 0 Å². The van der Waals surface area contributed by atoms with Crippen LogP contribution in [0.25, 0.3) is 0 Å². The van der Waals surface area contributed by atoms with Crippen LogP contribution in [0.4, 0.5) is 0 Å². The summed E-state index contributed by atoms with van der Waals surface area (Å²) in [7, 11) is 0. The predicted molar refractivity (Wildman–Crippen MR) is 78.6 cm³/mol. The molecule has 0 radical (unpaired) electrons. The standard InChI is InChI=1S/C16H32N2/c1-3-4-10-18(15-8-9-15)16(12-17)14-7-5-6-13(2)11-14/h13-16H,3-12,17H2,1-2H3. The predicted octanol–water partition coefficient (Wildman–Crippen LogP) is 3.40. The molecule has 0 aromatic rings. The highest BCUT2D eigenvalue weighted by atomic mass is 15.2. The molecule has 18 heavy (non-hydrogen) atoms. The lowest BCUT2D eigenvalue weighted by Crippen LogP contribution is -2.48. The molecule has 0 aliphatic heterocycles. The van der Waals surface area contributed by atoms with Gasteiger partial charge in [0.1, 0.15) is 0 Å². The molecule has 0 aromatic carbocycles. The van der Waals surface area contributed by atoms with Gasteiger partial charge in [0, 0.05) is 18.6 Å². The van der Waals surface area contributed by atoms with Crippen molar-refractivity contribution >= 4 is 0 Å². The Balaban J connectivity index is 1.95. The van der Waals surface area contributed by atoms with Crippen LogP contribution >= 0.6 is 0 Å². The Bertz CT molecular complexity index is 237. The summed E-state index contributed by atoms with van der Waals surface area (Å²) in [6.07, 6.45) is 11.2. The molecule has 0 aromatic heterocycles. The van der Waals surface area contributed by atoms with E-state index < -0.39 is 0 Å². The van der Waals surface area contributed by atoms with E-state index in [9.17, 15) is 0 Å². The molecular weight excluding hydrogens is 220 g/mol. The van der Waals surface area contributed by atoms with Crippen molar-refractivity contribution in [2.75, 3.05) is 13.1 Å². The molecule has 3 unspecified atom stereocenters. The molecule has 106 valence electrons. The fourth-order valence-electron chi connectivity index (χ4n) is 3.80. The van der Waals surface area contributed by atoms with Crippen molar-refractivity contribution in [2.45, 2.75) is 77.3 Å². The molecule has 2 heteroatoms. The second-order valence-electron chi connectivity index (χ2n) is 6.66. The van der Waals surface area contributed by atoms with Gasteiger partial charge in [0.25, 0.3) is 0 Å². The van der Waals surface area contributed by atoms with E-state index in [0.29, 0.717) is 6.04 Å². The highest BCUT2D eigenvalue weighted by Crippen LogP contribution is 2.37. The van der Waals surface area contributed by atoms with Crippen molar-refractivity contribution in [3.63, 3.8) is 0 Å². The summed E-state index contributed by atoms with van der Waals surface area (Å²) >= 11 is 0. The summed E-state index contributed by atoms with van der Waals surface area (Å²) in [5.74, 6) is 1.79. The molecule has 2 nitrogen and oxygen atoms in total. The second kappa shape index (κ2) is 6.91. The minimum Gasteiger partial charge on any atom is -0.329 e. The van der Waals surface area contributed by atoms with Crippen LogP contribution in [0.15, 0.2) is 0 Å². The van der Waals surface area contributed by atoms with Crippen LogP contribution in [0.1, 0.15) is 65.2 Å². The molecule has 0 spiro atoms. The molecule has 0 bridgehead atoms. The van der Waals surface area contributed by atoms with Crippen LogP contribution < -0.4 is 5.73 Å². The maximum absolute atomic E-state index is 6.15. The van der Waals surface area contributed by atoms with E-state index in [1.54, 1.807) is 0 Å². The van der Waals surface area contributed by atoms with Crippen molar-refractivity contribution in [3.05, 3.63) is 0 Å². The zero-order chi connectivity index (χ0) is 13.0. The molecule has 0 amide bonds. The van der Waals surface area contributed by atoms with Gasteiger partial charge in [0.2, 0.25) is 0 Å². The quantitative estimate of drug-likeness (QED) is 0.752. The minimum absolute atomic E-state index is 0.673. The Morgan fingerprint density at radius 1 is 1.22 bits per heavy atom. The van der Waals surface area contributed by atoms with Crippen molar-refractivity contribution in [2.24, 2.45) is 17.6 Å². The van der Waals surface area contributed by atoms with Crippen LogP contribution in [-0.4, -0.2) is 30.1 Å². The number of rotatable bonds is 7. The van der Waals surface area contributed by atoms with E-state index in [2.05, 4.69) is 18.7 Å². The summed E-state index contributed by atoms with van der Waals surface area (Å²) < 4.78 is 0. The number of hydrogen-bond acceptors (Lipinski definition) is 2. The maximum Gasteiger partial charge on any atom is 0.0249 e. The van der Waals surface area contributed by atoms with Crippen molar-refractivity contribution in [1.29, 1.82) is 0 Å². The molecule has 2 rings (SSSR count). The largest absolute Gasteiger partial charge is 0.329 e. The summed E-state index contributed by atoms with van der Waals surface area (Å²) in [6.45, 7) is 6.88. The highest BCUT2D eigenvalue weighted by Gasteiger charge is 2.37. The van der Waals surface area contributed by atoms with Crippen LogP contribution in [0.5, 0.6) is 0 Å². The number of hydrogen-bond donors (Lipinski definition) is 1. The maximum atomic E-state index is 6.15. The first kappa shape index (κ1) is 14.3. The number of nitrogens with two attached hydrogens (primary N) is 1. The Kier molecular flexibility index (Phi) is 5.50. The average Bonchev–Trinajstić information content (AvgIpc) is 3.18. The van der Waals surface area contributed by atoms with Crippen molar-refractivity contribution in [1.82, 2.24) is 4.90 Å². The third-order valence-electron chi connectivity index (χ3n) is 4.97. The Morgan fingerprint density at radius 3 is 2.56 bits per heavy atom. The highest BCUT2D eigenvalue weighted by molar-refractivity contribution is 4.93. The van der Waals surface area contributed by atoms with Gasteiger partial charge in [-0.25, -0.2) is 0 Å². The Morgan fingerprint density at radius 2 is 2.00 bits per heavy atom. The van der Waals surface area contributed by atoms with Crippen molar-refractivity contribution in [3.8, 4) is 0 Å². The fraction of sp³-hybridized carbons (Fsp3) is 1.00. The Hall–Kier alpha value is -0.0800. The van der Waals surface area contributed by atoms with E-state index in [-0.39, 0.29) is 0 Å². The first-order valence-corrected chi connectivity index (χ1v) is 8.22. The van der Waals surface area contributed by atoms with Gasteiger partial charge in [0.05, 0.1) is 0 Å². The molecule has 0 saturated heterocycles. The van der Waals surface area contributed by atoms with Gasteiger partial charge in [-0.3, -0.25) is 4.90 Å². The first-order chi connectivity index (χ1) is 8.76. The molecule has 2 aliphatic rings. The van der Waals surface area contributed by atoms with Crippen LogP contribution in [0.3, 0.4) is 0 Å². The first-order valence-electron chi connectivity index (χ1n) is 8.22.